The van der Waals surface area contributed by atoms with E-state index in [0.29, 0.717) is 0 Å². The van der Waals surface area contributed by atoms with E-state index >= 15 is 0 Å². The van der Waals surface area contributed by atoms with Gasteiger partial charge in [-0.1, -0.05) is 25.0 Å². The SMILES string of the molecule is OC1(c2cccc3[nH]ccc23)CCCC1. The van der Waals surface area contributed by atoms with Gasteiger partial charge in [0.15, 0.2) is 0 Å². The molecule has 1 saturated carbocycles. The summed E-state index contributed by atoms with van der Waals surface area (Å²) in [6, 6.07) is 8.18. The second-order valence-electron chi connectivity index (χ2n) is 4.48. The molecular formula is C13H15NO. The molecule has 0 bridgehead atoms. The monoisotopic (exact) mass is 201 g/mol. The lowest BCUT2D eigenvalue weighted by Crippen LogP contribution is -2.20. The fraction of sp³-hybridized carbons (Fsp3) is 0.385. The molecule has 0 amide bonds. The van der Waals surface area contributed by atoms with E-state index in [0.717, 1.165) is 36.8 Å². The van der Waals surface area contributed by atoms with Crippen LogP contribution in [0.4, 0.5) is 0 Å². The molecule has 1 heterocycles. The van der Waals surface area contributed by atoms with Gasteiger partial charge in [-0.15, -0.1) is 0 Å². The molecule has 0 saturated heterocycles. The van der Waals surface area contributed by atoms with Crippen LogP contribution in [0.3, 0.4) is 0 Å². The van der Waals surface area contributed by atoms with Gasteiger partial charge in [-0.25, -0.2) is 0 Å². The van der Waals surface area contributed by atoms with Crippen molar-refractivity contribution in [3.05, 3.63) is 36.0 Å². The summed E-state index contributed by atoms with van der Waals surface area (Å²) in [5.41, 5.74) is 1.63. The average molecular weight is 201 g/mol. The van der Waals surface area contributed by atoms with Gasteiger partial charge in [0.25, 0.3) is 0 Å². The Balaban J connectivity index is 2.21. The van der Waals surface area contributed by atoms with Crippen LogP contribution >= 0.6 is 0 Å². The Morgan fingerprint density at radius 3 is 2.73 bits per heavy atom. The molecule has 0 unspecified atom stereocenters. The quantitative estimate of drug-likeness (QED) is 0.731. The Kier molecular flexibility index (Phi) is 1.86. The predicted molar refractivity (Wildman–Crippen MR) is 60.7 cm³/mol. The topological polar surface area (TPSA) is 36.0 Å². The Labute approximate surface area is 88.9 Å². The summed E-state index contributed by atoms with van der Waals surface area (Å²) in [6.45, 7) is 0. The Morgan fingerprint density at radius 2 is 1.93 bits per heavy atom. The standard InChI is InChI=1S/C13H15NO/c15-13(7-1-2-8-13)11-4-3-5-12-10(11)6-9-14-12/h3-6,9,14-15H,1-2,7-8H2. The zero-order valence-electron chi connectivity index (χ0n) is 8.66. The molecule has 2 N–H and O–H groups in total. The van der Waals surface area contributed by atoms with Crippen LogP contribution in [0, 0.1) is 0 Å². The molecule has 1 aliphatic carbocycles. The second kappa shape index (κ2) is 3.11. The molecule has 0 spiro atoms. The lowest BCUT2D eigenvalue weighted by atomic mass is 9.90. The van der Waals surface area contributed by atoms with Crippen molar-refractivity contribution in [2.75, 3.05) is 0 Å². The molecule has 0 atom stereocenters. The van der Waals surface area contributed by atoms with Crippen molar-refractivity contribution in [1.29, 1.82) is 0 Å². The third-order valence-electron chi connectivity index (χ3n) is 3.53. The molecular weight excluding hydrogens is 186 g/mol. The molecule has 2 heteroatoms. The zero-order chi connectivity index (χ0) is 10.3. The molecule has 0 aliphatic heterocycles. The van der Waals surface area contributed by atoms with Crippen LogP contribution in [-0.2, 0) is 5.60 Å². The number of aliphatic hydroxyl groups is 1. The maximum Gasteiger partial charge on any atom is 0.0903 e. The van der Waals surface area contributed by atoms with Crippen LogP contribution in [0.15, 0.2) is 30.5 Å². The van der Waals surface area contributed by atoms with Gasteiger partial charge in [0.2, 0.25) is 0 Å². The first kappa shape index (κ1) is 8.98. The number of aromatic nitrogens is 1. The zero-order valence-corrected chi connectivity index (χ0v) is 8.66. The smallest absolute Gasteiger partial charge is 0.0903 e. The third kappa shape index (κ3) is 1.29. The van der Waals surface area contributed by atoms with Gasteiger partial charge in [0.1, 0.15) is 0 Å². The highest BCUT2D eigenvalue weighted by Crippen LogP contribution is 2.41. The van der Waals surface area contributed by atoms with Crippen molar-refractivity contribution in [3.8, 4) is 0 Å². The fourth-order valence-electron chi connectivity index (χ4n) is 2.72. The molecule has 1 aromatic heterocycles. The van der Waals surface area contributed by atoms with Crippen molar-refractivity contribution < 1.29 is 5.11 Å². The number of nitrogens with one attached hydrogen (secondary N) is 1. The number of hydrogen-bond acceptors (Lipinski definition) is 1. The van der Waals surface area contributed by atoms with Gasteiger partial charge >= 0.3 is 0 Å². The van der Waals surface area contributed by atoms with Crippen LogP contribution in [0.2, 0.25) is 0 Å². The number of rotatable bonds is 1. The molecule has 2 aromatic rings. The number of H-pyrrole nitrogens is 1. The maximum atomic E-state index is 10.6. The number of fused-ring (bicyclic) bond motifs is 1. The predicted octanol–water partition coefficient (Wildman–Crippen LogP) is 2.93. The molecule has 1 aliphatic rings. The van der Waals surface area contributed by atoms with E-state index in [1.54, 1.807) is 0 Å². The molecule has 2 nitrogen and oxygen atoms in total. The highest BCUT2D eigenvalue weighted by molar-refractivity contribution is 5.83. The number of benzene rings is 1. The van der Waals surface area contributed by atoms with E-state index in [1.165, 1.54) is 5.39 Å². The summed E-state index contributed by atoms with van der Waals surface area (Å²) < 4.78 is 0. The lowest BCUT2D eigenvalue weighted by Gasteiger charge is -2.23. The minimum atomic E-state index is -0.582. The molecule has 1 aromatic carbocycles. The summed E-state index contributed by atoms with van der Waals surface area (Å²) in [6.07, 6.45) is 6.01. The largest absolute Gasteiger partial charge is 0.385 e. The van der Waals surface area contributed by atoms with Crippen molar-refractivity contribution in [2.45, 2.75) is 31.3 Å². The Morgan fingerprint density at radius 1 is 1.13 bits per heavy atom. The first-order chi connectivity index (χ1) is 7.30. The van der Waals surface area contributed by atoms with Crippen LogP contribution in [0.25, 0.3) is 10.9 Å². The minimum absolute atomic E-state index is 0.582. The fourth-order valence-corrected chi connectivity index (χ4v) is 2.72. The van der Waals surface area contributed by atoms with E-state index in [1.807, 2.05) is 12.3 Å². The van der Waals surface area contributed by atoms with Crippen molar-refractivity contribution in [2.24, 2.45) is 0 Å². The van der Waals surface area contributed by atoms with Gasteiger partial charge in [-0.3, -0.25) is 0 Å². The summed E-state index contributed by atoms with van der Waals surface area (Å²) in [4.78, 5) is 3.19. The molecule has 1 fully saturated rings. The van der Waals surface area contributed by atoms with Gasteiger partial charge < -0.3 is 10.1 Å². The van der Waals surface area contributed by atoms with Gasteiger partial charge in [0, 0.05) is 17.1 Å². The maximum absolute atomic E-state index is 10.6. The van der Waals surface area contributed by atoms with E-state index in [2.05, 4.69) is 23.2 Å². The first-order valence-electron chi connectivity index (χ1n) is 5.59. The normalized spacial score (nSPS) is 19.8. The van der Waals surface area contributed by atoms with Crippen LogP contribution in [0.5, 0.6) is 0 Å². The second-order valence-corrected chi connectivity index (χ2v) is 4.48. The lowest BCUT2D eigenvalue weighted by molar-refractivity contribution is 0.0460. The highest BCUT2D eigenvalue weighted by atomic mass is 16.3. The van der Waals surface area contributed by atoms with Crippen molar-refractivity contribution >= 4 is 10.9 Å². The van der Waals surface area contributed by atoms with Crippen LogP contribution in [-0.4, -0.2) is 10.1 Å². The third-order valence-corrected chi connectivity index (χ3v) is 3.53. The first-order valence-corrected chi connectivity index (χ1v) is 5.59. The van der Waals surface area contributed by atoms with Crippen molar-refractivity contribution in [3.63, 3.8) is 0 Å². The number of hydrogen-bond donors (Lipinski definition) is 2. The molecule has 0 radical (unpaired) electrons. The Hall–Kier alpha value is -1.28. The molecule has 78 valence electrons. The van der Waals surface area contributed by atoms with E-state index < -0.39 is 5.60 Å². The Bertz CT molecular complexity index is 480. The summed E-state index contributed by atoms with van der Waals surface area (Å²) >= 11 is 0. The van der Waals surface area contributed by atoms with E-state index in [-0.39, 0.29) is 0 Å². The van der Waals surface area contributed by atoms with Crippen LogP contribution in [0.1, 0.15) is 31.2 Å². The van der Waals surface area contributed by atoms with Crippen molar-refractivity contribution in [1.82, 2.24) is 4.98 Å². The van der Waals surface area contributed by atoms with Gasteiger partial charge in [-0.2, -0.15) is 0 Å². The summed E-state index contributed by atoms with van der Waals surface area (Å²) in [5, 5.41) is 11.7. The molecule has 3 rings (SSSR count). The summed E-state index contributed by atoms with van der Waals surface area (Å²) in [5.74, 6) is 0. The molecule has 15 heavy (non-hydrogen) atoms. The van der Waals surface area contributed by atoms with Gasteiger partial charge in [0.05, 0.1) is 5.60 Å². The van der Waals surface area contributed by atoms with Gasteiger partial charge in [-0.05, 0) is 30.5 Å². The average Bonchev–Trinajstić information content (AvgIpc) is 2.85. The summed E-state index contributed by atoms with van der Waals surface area (Å²) in [7, 11) is 0. The van der Waals surface area contributed by atoms with E-state index in [4.69, 9.17) is 0 Å². The minimum Gasteiger partial charge on any atom is -0.385 e. The van der Waals surface area contributed by atoms with E-state index in [9.17, 15) is 5.11 Å². The highest BCUT2D eigenvalue weighted by Gasteiger charge is 2.34. The number of aromatic amines is 1. The van der Waals surface area contributed by atoms with Crippen LogP contribution < -0.4 is 0 Å².